The summed E-state index contributed by atoms with van der Waals surface area (Å²) < 4.78 is 17.3. The van der Waals surface area contributed by atoms with Gasteiger partial charge in [-0.05, 0) is 29.5 Å². The van der Waals surface area contributed by atoms with Gasteiger partial charge in [0.1, 0.15) is 0 Å². The lowest BCUT2D eigenvalue weighted by molar-refractivity contribution is 0.00721. The Hall–Kier alpha value is -0.710. The van der Waals surface area contributed by atoms with Crippen molar-refractivity contribution in [1.82, 2.24) is 5.32 Å². The number of rotatable bonds is 5. The predicted molar refractivity (Wildman–Crippen MR) is 87.8 cm³/mol. The van der Waals surface area contributed by atoms with E-state index in [2.05, 4.69) is 38.2 Å². The van der Waals surface area contributed by atoms with Gasteiger partial charge < -0.3 is 10.1 Å². The molecule has 1 saturated heterocycles. The summed E-state index contributed by atoms with van der Waals surface area (Å²) in [6.07, 6.45) is 3.19. The Balaban J connectivity index is 1.82. The van der Waals surface area contributed by atoms with Crippen LogP contribution in [0.3, 0.4) is 0 Å². The second-order valence-corrected chi connectivity index (χ2v) is 8.31. The van der Waals surface area contributed by atoms with E-state index in [0.717, 1.165) is 31.0 Å². The first-order valence-electron chi connectivity index (χ1n) is 7.62. The third kappa shape index (κ3) is 4.63. The first-order chi connectivity index (χ1) is 9.88. The summed E-state index contributed by atoms with van der Waals surface area (Å²) >= 11 is 0. The highest BCUT2D eigenvalue weighted by molar-refractivity contribution is 7.84. The minimum absolute atomic E-state index is 0.204. The molecule has 0 amide bonds. The Morgan fingerprint density at radius 2 is 1.95 bits per heavy atom. The summed E-state index contributed by atoms with van der Waals surface area (Å²) in [5, 5.41) is 3.54. The van der Waals surface area contributed by atoms with Crippen LogP contribution in [0.25, 0.3) is 0 Å². The first kappa shape index (κ1) is 16.7. The van der Waals surface area contributed by atoms with E-state index in [0.29, 0.717) is 12.0 Å². The number of hydrogen-bond acceptors (Lipinski definition) is 3. The molecule has 1 aromatic rings. The van der Waals surface area contributed by atoms with Crippen LogP contribution in [-0.4, -0.2) is 29.7 Å². The Kier molecular flexibility index (Phi) is 5.58. The maximum absolute atomic E-state index is 11.4. The van der Waals surface area contributed by atoms with Gasteiger partial charge in [-0.2, -0.15) is 0 Å². The second kappa shape index (κ2) is 7.03. The zero-order chi connectivity index (χ0) is 15.5. The highest BCUT2D eigenvalue weighted by Gasteiger charge is 2.36. The van der Waals surface area contributed by atoms with Crippen LogP contribution in [0.15, 0.2) is 29.2 Å². The van der Waals surface area contributed by atoms with E-state index in [-0.39, 0.29) is 5.41 Å². The molecule has 2 rings (SSSR count). The van der Waals surface area contributed by atoms with Crippen molar-refractivity contribution < 1.29 is 8.95 Å². The molecule has 1 N–H and O–H groups in total. The summed E-state index contributed by atoms with van der Waals surface area (Å²) in [4.78, 5) is 0.885. The maximum atomic E-state index is 11.4. The van der Waals surface area contributed by atoms with E-state index in [4.69, 9.17) is 4.74 Å². The van der Waals surface area contributed by atoms with Crippen LogP contribution in [0.2, 0.25) is 0 Å². The second-order valence-electron chi connectivity index (χ2n) is 6.94. The lowest BCUT2D eigenvalue weighted by Crippen LogP contribution is -2.36. The van der Waals surface area contributed by atoms with Gasteiger partial charge in [0, 0.05) is 47.6 Å². The molecular weight excluding hydrogens is 282 g/mol. The van der Waals surface area contributed by atoms with E-state index in [9.17, 15) is 4.21 Å². The van der Waals surface area contributed by atoms with Crippen LogP contribution in [0, 0.1) is 11.3 Å². The molecule has 1 heterocycles. The fourth-order valence-corrected chi connectivity index (χ4v) is 3.52. The fourth-order valence-electron chi connectivity index (χ4n) is 3.00. The number of hydrogen-bond donors (Lipinski definition) is 1. The molecule has 0 bridgehead atoms. The van der Waals surface area contributed by atoms with Gasteiger partial charge in [-0.3, -0.25) is 4.21 Å². The molecule has 3 nitrogen and oxygen atoms in total. The molecule has 0 spiro atoms. The van der Waals surface area contributed by atoms with Crippen molar-refractivity contribution in [2.45, 2.75) is 44.7 Å². The van der Waals surface area contributed by atoms with Gasteiger partial charge in [0.25, 0.3) is 0 Å². The zero-order valence-electron chi connectivity index (χ0n) is 13.5. The topological polar surface area (TPSA) is 38.3 Å². The molecule has 3 atom stereocenters. The summed E-state index contributed by atoms with van der Waals surface area (Å²) in [6, 6.07) is 8.00. The van der Waals surface area contributed by atoms with Gasteiger partial charge in [-0.25, -0.2) is 0 Å². The Labute approximate surface area is 130 Å². The molecule has 118 valence electrons. The van der Waals surface area contributed by atoms with Gasteiger partial charge in [0.15, 0.2) is 0 Å². The maximum Gasteiger partial charge on any atom is 0.0664 e. The van der Waals surface area contributed by atoms with Crippen LogP contribution in [0.5, 0.6) is 0 Å². The smallest absolute Gasteiger partial charge is 0.0664 e. The third-order valence-electron chi connectivity index (χ3n) is 4.06. The van der Waals surface area contributed by atoms with Crippen molar-refractivity contribution in [2.24, 2.45) is 11.3 Å². The van der Waals surface area contributed by atoms with E-state index >= 15 is 0 Å². The molecule has 0 unspecified atom stereocenters. The van der Waals surface area contributed by atoms with Gasteiger partial charge in [-0.1, -0.05) is 32.9 Å². The highest BCUT2D eigenvalue weighted by atomic mass is 32.2. The van der Waals surface area contributed by atoms with Crippen LogP contribution < -0.4 is 5.32 Å². The average Bonchev–Trinajstić information content (AvgIpc) is 2.88. The fraction of sp³-hybridized carbons (Fsp3) is 0.647. The Morgan fingerprint density at radius 3 is 2.52 bits per heavy atom. The van der Waals surface area contributed by atoms with Crippen molar-refractivity contribution >= 4 is 10.8 Å². The Morgan fingerprint density at radius 1 is 1.29 bits per heavy atom. The molecule has 4 heteroatoms. The van der Waals surface area contributed by atoms with Crippen molar-refractivity contribution in [1.29, 1.82) is 0 Å². The summed E-state index contributed by atoms with van der Waals surface area (Å²) in [6.45, 7) is 9.47. The molecule has 1 aromatic carbocycles. The van der Waals surface area contributed by atoms with E-state index in [1.807, 2.05) is 12.1 Å². The van der Waals surface area contributed by atoms with Gasteiger partial charge in [-0.15, -0.1) is 0 Å². The van der Waals surface area contributed by atoms with Crippen LogP contribution >= 0.6 is 0 Å². The first-order valence-corrected chi connectivity index (χ1v) is 9.18. The molecule has 0 radical (unpaired) electrons. The molecule has 0 aliphatic carbocycles. The zero-order valence-corrected chi connectivity index (χ0v) is 14.3. The van der Waals surface area contributed by atoms with Gasteiger partial charge in [0.05, 0.1) is 6.10 Å². The SMILES string of the molecule is C[S@](=O)c1ccc(CNC[C@H]2CCO[C@@H]2C(C)(C)C)cc1. The molecule has 1 aliphatic rings. The van der Waals surface area contributed by atoms with Gasteiger partial charge >= 0.3 is 0 Å². The molecular formula is C17H27NO2S. The minimum atomic E-state index is -0.897. The van der Waals surface area contributed by atoms with E-state index in [1.165, 1.54) is 5.56 Å². The minimum Gasteiger partial charge on any atom is -0.377 e. The summed E-state index contributed by atoms with van der Waals surface area (Å²) in [7, 11) is -0.897. The molecule has 21 heavy (non-hydrogen) atoms. The van der Waals surface area contributed by atoms with Crippen LogP contribution in [0.4, 0.5) is 0 Å². The average molecular weight is 309 g/mol. The predicted octanol–water partition coefficient (Wildman–Crippen LogP) is 2.96. The van der Waals surface area contributed by atoms with Crippen molar-refractivity contribution in [2.75, 3.05) is 19.4 Å². The van der Waals surface area contributed by atoms with Gasteiger partial charge in [0.2, 0.25) is 0 Å². The van der Waals surface area contributed by atoms with Crippen LogP contribution in [0.1, 0.15) is 32.8 Å². The molecule has 1 aliphatic heterocycles. The van der Waals surface area contributed by atoms with E-state index in [1.54, 1.807) is 6.26 Å². The number of benzene rings is 1. The number of nitrogens with one attached hydrogen (secondary N) is 1. The molecule has 0 aromatic heterocycles. The monoisotopic (exact) mass is 309 g/mol. The van der Waals surface area contributed by atoms with Crippen molar-refractivity contribution in [3.05, 3.63) is 29.8 Å². The largest absolute Gasteiger partial charge is 0.377 e. The Bertz CT molecular complexity index is 479. The highest BCUT2D eigenvalue weighted by Crippen LogP contribution is 2.34. The third-order valence-corrected chi connectivity index (χ3v) is 4.99. The molecule has 1 fully saturated rings. The van der Waals surface area contributed by atoms with Crippen molar-refractivity contribution in [3.63, 3.8) is 0 Å². The van der Waals surface area contributed by atoms with Crippen molar-refractivity contribution in [3.8, 4) is 0 Å². The summed E-state index contributed by atoms with van der Waals surface area (Å²) in [5.74, 6) is 0.590. The standard InChI is InChI=1S/C17H27NO2S/c1-17(2,3)16-14(9-10-20-16)12-18-11-13-5-7-15(8-6-13)21(4)19/h5-8,14,16,18H,9-12H2,1-4H3/t14-,16+,21+/m1/s1. The quantitative estimate of drug-likeness (QED) is 0.909. The normalized spacial score (nSPS) is 24.2. The lowest BCUT2D eigenvalue weighted by Gasteiger charge is -2.31. The molecule has 0 saturated carbocycles. The van der Waals surface area contributed by atoms with E-state index < -0.39 is 10.8 Å². The summed E-state index contributed by atoms with van der Waals surface area (Å²) in [5.41, 5.74) is 1.44. The van der Waals surface area contributed by atoms with Crippen LogP contribution in [-0.2, 0) is 22.1 Å². The lowest BCUT2D eigenvalue weighted by atomic mass is 9.81. The number of ether oxygens (including phenoxy) is 1.